The molecule has 3 rings (SSSR count). The molecular formula is C18H19Cl2N3O2. The maximum Gasteiger partial charge on any atom is 0.254 e. The first-order chi connectivity index (χ1) is 12.0. The maximum absolute atomic E-state index is 12.0. The van der Waals surface area contributed by atoms with Crippen molar-refractivity contribution < 1.29 is 9.53 Å². The number of carbonyl (C=O) groups excluding carboxylic acids is 1. The summed E-state index contributed by atoms with van der Waals surface area (Å²) in [5.41, 5.74) is 1.56. The summed E-state index contributed by atoms with van der Waals surface area (Å²) in [6.07, 6.45) is 1.51. The van der Waals surface area contributed by atoms with Crippen LogP contribution < -0.4 is 4.90 Å². The van der Waals surface area contributed by atoms with Crippen molar-refractivity contribution >= 4 is 34.9 Å². The van der Waals surface area contributed by atoms with Crippen molar-refractivity contribution in [2.45, 2.75) is 6.10 Å². The Balaban J connectivity index is 1.74. The first-order valence-electron chi connectivity index (χ1n) is 7.95. The molecule has 1 fully saturated rings. The van der Waals surface area contributed by atoms with Crippen molar-refractivity contribution in [3.05, 3.63) is 57.7 Å². The number of nitrogens with zero attached hydrogens (tertiary/aromatic N) is 3. The van der Waals surface area contributed by atoms with Gasteiger partial charge in [-0.1, -0.05) is 29.3 Å². The molecule has 1 aromatic heterocycles. The fraction of sp³-hybridized carbons (Fsp3) is 0.333. The Hall–Kier alpha value is -1.82. The molecule has 1 saturated heterocycles. The highest BCUT2D eigenvalue weighted by molar-refractivity contribution is 6.42. The van der Waals surface area contributed by atoms with Crippen LogP contribution >= 0.6 is 23.2 Å². The van der Waals surface area contributed by atoms with Crippen LogP contribution in [0.25, 0.3) is 0 Å². The highest BCUT2D eigenvalue weighted by Crippen LogP contribution is 2.30. The Kier molecular flexibility index (Phi) is 5.47. The Labute approximate surface area is 157 Å². The number of carbonyl (C=O) groups is 1. The van der Waals surface area contributed by atoms with Gasteiger partial charge in [-0.2, -0.15) is 0 Å². The molecular weight excluding hydrogens is 361 g/mol. The van der Waals surface area contributed by atoms with Gasteiger partial charge in [-0.05, 0) is 29.8 Å². The predicted octanol–water partition coefficient (Wildman–Crippen LogP) is 3.67. The van der Waals surface area contributed by atoms with Gasteiger partial charge in [0, 0.05) is 33.4 Å². The summed E-state index contributed by atoms with van der Waals surface area (Å²) < 4.78 is 5.87. The zero-order valence-corrected chi connectivity index (χ0v) is 15.6. The lowest BCUT2D eigenvalue weighted by atomic mass is 10.1. The molecule has 0 aliphatic carbocycles. The van der Waals surface area contributed by atoms with Crippen molar-refractivity contribution in [3.63, 3.8) is 0 Å². The zero-order valence-electron chi connectivity index (χ0n) is 14.1. The molecule has 132 valence electrons. The zero-order chi connectivity index (χ0) is 18.0. The lowest BCUT2D eigenvalue weighted by molar-refractivity contribution is 0.0395. The number of halogens is 2. The van der Waals surface area contributed by atoms with Crippen LogP contribution in [0.2, 0.25) is 10.0 Å². The van der Waals surface area contributed by atoms with Crippen LogP contribution in [0, 0.1) is 0 Å². The van der Waals surface area contributed by atoms with Crippen LogP contribution in [-0.4, -0.2) is 49.6 Å². The van der Waals surface area contributed by atoms with Gasteiger partial charge in [0.05, 0.1) is 22.2 Å². The molecule has 2 heterocycles. The maximum atomic E-state index is 12.0. The van der Waals surface area contributed by atoms with E-state index in [9.17, 15) is 4.79 Å². The summed E-state index contributed by atoms with van der Waals surface area (Å²) in [5, 5.41) is 1.05. The van der Waals surface area contributed by atoms with Crippen molar-refractivity contribution in [3.8, 4) is 0 Å². The monoisotopic (exact) mass is 379 g/mol. The van der Waals surface area contributed by atoms with Gasteiger partial charge >= 0.3 is 0 Å². The number of hydrogen-bond donors (Lipinski definition) is 0. The normalized spacial score (nSPS) is 17.4. The number of pyridine rings is 1. The number of rotatable bonds is 3. The SMILES string of the molecule is CN(C)C(=O)c1ccc(N2CCO[C@H](c3ccc(Cl)c(Cl)c3)C2)nc1. The summed E-state index contributed by atoms with van der Waals surface area (Å²) in [6, 6.07) is 9.21. The highest BCUT2D eigenvalue weighted by atomic mass is 35.5. The summed E-state index contributed by atoms with van der Waals surface area (Å²) >= 11 is 12.1. The van der Waals surface area contributed by atoms with Crippen LogP contribution in [-0.2, 0) is 4.74 Å². The lowest BCUT2D eigenvalue weighted by Crippen LogP contribution is -2.38. The van der Waals surface area contributed by atoms with Gasteiger partial charge in [-0.15, -0.1) is 0 Å². The van der Waals surface area contributed by atoms with E-state index >= 15 is 0 Å². The third kappa shape index (κ3) is 4.06. The number of morpholine rings is 1. The first-order valence-corrected chi connectivity index (χ1v) is 8.70. The fourth-order valence-corrected chi connectivity index (χ4v) is 3.04. The Bertz CT molecular complexity index is 765. The minimum atomic E-state index is -0.103. The standard InChI is InChI=1S/C18H19Cl2N3O2/c1-22(2)18(24)13-4-6-17(21-10-13)23-7-8-25-16(11-23)12-3-5-14(19)15(20)9-12/h3-6,9-10,16H,7-8,11H2,1-2H3/t16-/m0/s1. The second kappa shape index (κ2) is 7.60. The van der Waals surface area contributed by atoms with E-state index in [2.05, 4.69) is 9.88 Å². The van der Waals surface area contributed by atoms with Crippen LogP contribution in [0.15, 0.2) is 36.5 Å². The summed E-state index contributed by atoms with van der Waals surface area (Å²) in [6.45, 7) is 1.99. The summed E-state index contributed by atoms with van der Waals surface area (Å²) in [7, 11) is 3.44. The van der Waals surface area contributed by atoms with E-state index in [4.69, 9.17) is 27.9 Å². The average Bonchev–Trinajstić information content (AvgIpc) is 2.63. The van der Waals surface area contributed by atoms with Crippen LogP contribution in [0.3, 0.4) is 0 Å². The van der Waals surface area contributed by atoms with Crippen molar-refractivity contribution in [2.24, 2.45) is 0 Å². The quantitative estimate of drug-likeness (QED) is 0.815. The van der Waals surface area contributed by atoms with Crippen molar-refractivity contribution in [2.75, 3.05) is 38.7 Å². The molecule has 1 amide bonds. The van der Waals surface area contributed by atoms with Gasteiger partial charge in [0.25, 0.3) is 5.91 Å². The number of benzene rings is 1. The Morgan fingerprint density at radius 3 is 2.68 bits per heavy atom. The van der Waals surface area contributed by atoms with Crippen molar-refractivity contribution in [1.82, 2.24) is 9.88 Å². The Morgan fingerprint density at radius 1 is 1.24 bits per heavy atom. The molecule has 1 aromatic carbocycles. The molecule has 7 heteroatoms. The molecule has 5 nitrogen and oxygen atoms in total. The van der Waals surface area contributed by atoms with Gasteiger partial charge in [0.2, 0.25) is 0 Å². The van der Waals surface area contributed by atoms with Crippen LogP contribution in [0.4, 0.5) is 5.82 Å². The molecule has 0 saturated carbocycles. The topological polar surface area (TPSA) is 45.7 Å². The van der Waals surface area contributed by atoms with E-state index in [0.717, 1.165) is 17.9 Å². The van der Waals surface area contributed by atoms with E-state index in [1.165, 1.54) is 4.90 Å². The summed E-state index contributed by atoms with van der Waals surface area (Å²) in [5.74, 6) is 0.762. The molecule has 1 atom stereocenters. The first kappa shape index (κ1) is 18.0. The molecule has 1 aliphatic heterocycles. The van der Waals surface area contributed by atoms with Gasteiger partial charge in [-0.25, -0.2) is 4.98 Å². The van der Waals surface area contributed by atoms with Crippen LogP contribution in [0.1, 0.15) is 22.0 Å². The van der Waals surface area contributed by atoms with Gasteiger partial charge < -0.3 is 14.5 Å². The van der Waals surface area contributed by atoms with Gasteiger partial charge in [0.1, 0.15) is 11.9 Å². The predicted molar refractivity (Wildman–Crippen MR) is 99.6 cm³/mol. The van der Waals surface area contributed by atoms with E-state index < -0.39 is 0 Å². The van der Waals surface area contributed by atoms with Gasteiger partial charge in [0.15, 0.2) is 0 Å². The Morgan fingerprint density at radius 2 is 2.04 bits per heavy atom. The second-order valence-corrected chi connectivity index (χ2v) is 6.90. The van der Waals surface area contributed by atoms with Crippen molar-refractivity contribution in [1.29, 1.82) is 0 Å². The summed E-state index contributed by atoms with van der Waals surface area (Å²) in [4.78, 5) is 20.1. The minimum absolute atomic E-state index is 0.0605. The van der Waals surface area contributed by atoms with Gasteiger partial charge in [-0.3, -0.25) is 4.79 Å². The largest absolute Gasteiger partial charge is 0.370 e. The second-order valence-electron chi connectivity index (χ2n) is 6.08. The average molecular weight is 380 g/mol. The number of aromatic nitrogens is 1. The molecule has 2 aromatic rings. The molecule has 1 aliphatic rings. The van der Waals surface area contributed by atoms with E-state index in [-0.39, 0.29) is 12.0 Å². The number of ether oxygens (including phenoxy) is 1. The molecule has 25 heavy (non-hydrogen) atoms. The molecule has 0 radical (unpaired) electrons. The molecule has 0 spiro atoms. The van der Waals surface area contributed by atoms with E-state index in [1.54, 1.807) is 32.4 Å². The number of amides is 1. The third-order valence-electron chi connectivity index (χ3n) is 4.11. The fourth-order valence-electron chi connectivity index (χ4n) is 2.73. The smallest absolute Gasteiger partial charge is 0.254 e. The molecule has 0 unspecified atom stereocenters. The lowest BCUT2D eigenvalue weighted by Gasteiger charge is -2.34. The highest BCUT2D eigenvalue weighted by Gasteiger charge is 2.23. The van der Waals surface area contributed by atoms with Crippen LogP contribution in [0.5, 0.6) is 0 Å². The minimum Gasteiger partial charge on any atom is -0.370 e. The molecule has 0 N–H and O–H groups in total. The van der Waals surface area contributed by atoms with E-state index in [0.29, 0.717) is 28.8 Å². The number of anilines is 1. The molecule has 0 bridgehead atoms. The number of hydrogen-bond acceptors (Lipinski definition) is 4. The third-order valence-corrected chi connectivity index (χ3v) is 4.85. The van der Waals surface area contributed by atoms with E-state index in [1.807, 2.05) is 18.2 Å².